The number of benzene rings is 2. The average molecular weight is 420 g/mol. The number of amides is 1. The van der Waals surface area contributed by atoms with Crippen LogP contribution in [-0.2, 0) is 10.0 Å². The number of hydrazone groups is 1. The molecule has 0 radical (unpaired) electrons. The number of nitrogens with zero attached hydrogens (tertiary/aromatic N) is 1. The minimum atomic E-state index is -3.85. The first-order chi connectivity index (χ1) is 12.9. The van der Waals surface area contributed by atoms with Crippen LogP contribution in [0.5, 0.6) is 0 Å². The van der Waals surface area contributed by atoms with E-state index < -0.39 is 15.9 Å². The summed E-state index contributed by atoms with van der Waals surface area (Å²) in [7, 11) is -3.85. The Bertz CT molecular complexity index is 1060. The predicted molar refractivity (Wildman–Crippen MR) is 108 cm³/mol. The highest BCUT2D eigenvalue weighted by Gasteiger charge is 2.16. The molecular weight excluding hydrogens is 406 g/mol. The Morgan fingerprint density at radius 3 is 2.59 bits per heavy atom. The van der Waals surface area contributed by atoms with Gasteiger partial charge in [0, 0.05) is 21.8 Å². The van der Waals surface area contributed by atoms with Gasteiger partial charge in [-0.15, -0.1) is 0 Å². The lowest BCUT2D eigenvalue weighted by molar-refractivity contribution is 0.0955. The van der Waals surface area contributed by atoms with E-state index in [9.17, 15) is 13.2 Å². The molecule has 3 rings (SSSR count). The van der Waals surface area contributed by atoms with E-state index in [0.29, 0.717) is 10.7 Å². The smallest absolute Gasteiger partial charge is 0.271 e. The lowest BCUT2D eigenvalue weighted by Gasteiger charge is -2.09. The molecule has 1 aromatic heterocycles. The molecule has 9 heteroatoms. The number of sulfonamides is 1. The van der Waals surface area contributed by atoms with Gasteiger partial charge in [0.2, 0.25) is 0 Å². The number of carbonyl (C=O) groups excluding carboxylic acids is 1. The van der Waals surface area contributed by atoms with E-state index in [4.69, 9.17) is 11.6 Å². The second-order valence-corrected chi connectivity index (χ2v) is 8.29. The number of hydrogen-bond acceptors (Lipinski definition) is 5. The van der Waals surface area contributed by atoms with E-state index in [1.807, 2.05) is 16.8 Å². The Hall–Kier alpha value is -2.68. The van der Waals surface area contributed by atoms with Gasteiger partial charge in [-0.3, -0.25) is 9.52 Å². The summed E-state index contributed by atoms with van der Waals surface area (Å²) in [5.41, 5.74) is 3.79. The van der Waals surface area contributed by atoms with Gasteiger partial charge in [-0.2, -0.15) is 16.4 Å². The molecule has 0 unspecified atom stereocenters. The Labute approximate surface area is 165 Å². The van der Waals surface area contributed by atoms with Crippen LogP contribution in [0.25, 0.3) is 0 Å². The highest BCUT2D eigenvalue weighted by Crippen LogP contribution is 2.19. The van der Waals surface area contributed by atoms with Crippen LogP contribution in [0.2, 0.25) is 5.02 Å². The highest BCUT2D eigenvalue weighted by molar-refractivity contribution is 7.92. The topological polar surface area (TPSA) is 87.6 Å². The summed E-state index contributed by atoms with van der Waals surface area (Å²) in [6, 6.07) is 13.8. The van der Waals surface area contributed by atoms with Crippen molar-refractivity contribution in [3.63, 3.8) is 0 Å². The second kappa shape index (κ2) is 8.34. The maximum Gasteiger partial charge on any atom is 0.271 e. The lowest BCUT2D eigenvalue weighted by atomic mass is 10.2. The van der Waals surface area contributed by atoms with Crippen molar-refractivity contribution >= 4 is 50.8 Å². The van der Waals surface area contributed by atoms with E-state index in [1.165, 1.54) is 41.8 Å². The third-order valence-electron chi connectivity index (χ3n) is 3.43. The molecule has 0 fully saturated rings. The summed E-state index contributed by atoms with van der Waals surface area (Å²) < 4.78 is 27.5. The van der Waals surface area contributed by atoms with Crippen LogP contribution in [0, 0.1) is 0 Å². The zero-order valence-electron chi connectivity index (χ0n) is 13.8. The molecule has 0 saturated carbocycles. The molecule has 1 amide bonds. The number of carbonyl (C=O) groups is 1. The molecule has 0 aliphatic carbocycles. The molecule has 0 spiro atoms. The summed E-state index contributed by atoms with van der Waals surface area (Å²) in [5, 5.41) is 8.14. The maximum atomic E-state index is 12.5. The van der Waals surface area contributed by atoms with Gasteiger partial charge in [0.25, 0.3) is 15.9 Å². The average Bonchev–Trinajstić information content (AvgIpc) is 3.17. The molecule has 27 heavy (non-hydrogen) atoms. The van der Waals surface area contributed by atoms with Crippen LogP contribution >= 0.6 is 22.9 Å². The Kier molecular flexibility index (Phi) is 5.90. The minimum Gasteiger partial charge on any atom is -0.280 e. The molecule has 2 N–H and O–H groups in total. The monoisotopic (exact) mass is 419 g/mol. The van der Waals surface area contributed by atoms with Crippen molar-refractivity contribution in [1.82, 2.24) is 5.43 Å². The first-order valence-corrected chi connectivity index (χ1v) is 10.5. The van der Waals surface area contributed by atoms with Crippen molar-refractivity contribution in [3.8, 4) is 0 Å². The quantitative estimate of drug-likeness (QED) is 0.468. The number of rotatable bonds is 6. The molecule has 1 heterocycles. The summed E-state index contributed by atoms with van der Waals surface area (Å²) in [6.45, 7) is 0. The lowest BCUT2D eigenvalue weighted by Crippen LogP contribution is -2.19. The minimum absolute atomic E-state index is 0.0353. The molecular formula is C18H14ClN3O3S2. The van der Waals surface area contributed by atoms with E-state index in [1.54, 1.807) is 24.3 Å². The number of anilines is 1. The third-order valence-corrected chi connectivity index (χ3v) is 5.76. The Morgan fingerprint density at radius 1 is 1.11 bits per heavy atom. The Morgan fingerprint density at radius 2 is 1.89 bits per heavy atom. The summed E-state index contributed by atoms with van der Waals surface area (Å²) in [5.74, 6) is -0.509. The summed E-state index contributed by atoms with van der Waals surface area (Å²) in [4.78, 5) is 12.2. The molecule has 138 valence electrons. The molecule has 0 aliphatic heterocycles. The van der Waals surface area contributed by atoms with Crippen molar-refractivity contribution in [2.75, 3.05) is 4.72 Å². The van der Waals surface area contributed by atoms with Gasteiger partial charge in [0.05, 0.1) is 11.1 Å². The fraction of sp³-hybridized carbons (Fsp3) is 0. The molecule has 0 saturated heterocycles. The zero-order valence-corrected chi connectivity index (χ0v) is 16.2. The number of hydrogen-bond donors (Lipinski definition) is 2. The first kappa shape index (κ1) is 19.1. The molecule has 0 aliphatic rings. The summed E-state index contributed by atoms with van der Waals surface area (Å²) >= 11 is 7.31. The van der Waals surface area contributed by atoms with Crippen LogP contribution in [0.3, 0.4) is 0 Å². The predicted octanol–water partition coefficient (Wildman–Crippen LogP) is 3.97. The SMILES string of the molecule is O=C(N/N=C/c1ccsc1)c1cccc(S(=O)(=O)Nc2ccc(Cl)cc2)c1. The number of halogens is 1. The van der Waals surface area contributed by atoms with E-state index in [2.05, 4.69) is 15.2 Å². The standard InChI is InChI=1S/C18H14ClN3O3S2/c19-15-4-6-16(7-5-15)22-27(24,25)17-3-1-2-14(10-17)18(23)21-20-11-13-8-9-26-12-13/h1-12,22H,(H,21,23)/b20-11+. The van der Waals surface area contributed by atoms with Crippen LogP contribution < -0.4 is 10.1 Å². The Balaban J connectivity index is 1.73. The van der Waals surface area contributed by atoms with Crippen molar-refractivity contribution in [2.24, 2.45) is 5.10 Å². The van der Waals surface area contributed by atoms with Crippen molar-refractivity contribution in [2.45, 2.75) is 4.90 Å². The number of thiophene rings is 1. The van der Waals surface area contributed by atoms with Crippen LogP contribution in [0.4, 0.5) is 5.69 Å². The van der Waals surface area contributed by atoms with Gasteiger partial charge in [0.15, 0.2) is 0 Å². The highest BCUT2D eigenvalue weighted by atomic mass is 35.5. The largest absolute Gasteiger partial charge is 0.280 e. The van der Waals surface area contributed by atoms with Gasteiger partial charge >= 0.3 is 0 Å². The van der Waals surface area contributed by atoms with Crippen molar-refractivity contribution < 1.29 is 13.2 Å². The normalized spacial score (nSPS) is 11.4. The summed E-state index contributed by atoms with van der Waals surface area (Å²) in [6.07, 6.45) is 1.51. The van der Waals surface area contributed by atoms with E-state index in [-0.39, 0.29) is 10.5 Å². The van der Waals surface area contributed by atoms with Crippen molar-refractivity contribution in [3.05, 3.63) is 81.5 Å². The van der Waals surface area contributed by atoms with Gasteiger partial charge in [-0.1, -0.05) is 17.7 Å². The van der Waals surface area contributed by atoms with Gasteiger partial charge < -0.3 is 0 Å². The van der Waals surface area contributed by atoms with Gasteiger partial charge in [0.1, 0.15) is 0 Å². The van der Waals surface area contributed by atoms with Crippen LogP contribution in [0.1, 0.15) is 15.9 Å². The van der Waals surface area contributed by atoms with E-state index in [0.717, 1.165) is 5.56 Å². The van der Waals surface area contributed by atoms with Crippen molar-refractivity contribution in [1.29, 1.82) is 0 Å². The molecule has 0 atom stereocenters. The first-order valence-electron chi connectivity index (χ1n) is 7.68. The van der Waals surface area contributed by atoms with Gasteiger partial charge in [-0.05, 0) is 59.3 Å². The fourth-order valence-corrected chi connectivity index (χ4v) is 3.96. The molecule has 0 bridgehead atoms. The van der Waals surface area contributed by atoms with Crippen LogP contribution in [-0.4, -0.2) is 20.5 Å². The van der Waals surface area contributed by atoms with E-state index >= 15 is 0 Å². The third kappa shape index (κ3) is 5.16. The second-order valence-electron chi connectivity index (χ2n) is 5.40. The van der Waals surface area contributed by atoms with Crippen LogP contribution in [0.15, 0.2) is 75.4 Å². The molecule has 3 aromatic rings. The number of nitrogens with one attached hydrogen (secondary N) is 2. The molecule has 2 aromatic carbocycles. The maximum absolute atomic E-state index is 12.5. The van der Waals surface area contributed by atoms with Gasteiger partial charge in [-0.25, -0.2) is 13.8 Å². The molecule has 6 nitrogen and oxygen atoms in total. The zero-order chi connectivity index (χ0) is 19.3. The fourth-order valence-electron chi connectivity index (χ4n) is 2.11.